The normalized spacial score (nSPS) is 10.7. The number of aromatic nitrogens is 3. The molecule has 0 saturated heterocycles. The van der Waals surface area contributed by atoms with Crippen molar-refractivity contribution in [2.75, 3.05) is 6.54 Å². The zero-order valence-electron chi connectivity index (χ0n) is 10.6. The monoisotopic (exact) mass is 244 g/mol. The average Bonchev–Trinajstić information content (AvgIpc) is 2.88. The average molecular weight is 244 g/mol. The summed E-state index contributed by atoms with van der Waals surface area (Å²) in [6, 6.07) is 3.97. The molecule has 0 aliphatic rings. The maximum atomic E-state index is 5.47. The van der Waals surface area contributed by atoms with Gasteiger partial charge in [-0.1, -0.05) is 12.8 Å². The maximum Gasteiger partial charge on any atom is 0.106 e. The van der Waals surface area contributed by atoms with Crippen molar-refractivity contribution in [2.45, 2.75) is 32.1 Å². The number of hydrogen-bond acceptors (Lipinski definition) is 3. The van der Waals surface area contributed by atoms with Crippen LogP contribution < -0.4 is 5.73 Å². The summed E-state index contributed by atoms with van der Waals surface area (Å²) in [4.78, 5) is 11.8. The number of nitrogens with one attached hydrogen (secondary N) is 1. The molecule has 0 radical (unpaired) electrons. The fraction of sp³-hybridized carbons (Fsp3) is 0.429. The second-order valence-corrected chi connectivity index (χ2v) is 4.43. The lowest BCUT2D eigenvalue weighted by atomic mass is 10.1. The molecule has 0 bridgehead atoms. The van der Waals surface area contributed by atoms with Gasteiger partial charge < -0.3 is 10.7 Å². The minimum atomic E-state index is 0.799. The molecule has 0 amide bonds. The Kier molecular flexibility index (Phi) is 4.90. The molecule has 0 aliphatic carbocycles. The minimum Gasteiger partial charge on any atom is -0.342 e. The summed E-state index contributed by atoms with van der Waals surface area (Å²) >= 11 is 0. The highest BCUT2D eigenvalue weighted by Crippen LogP contribution is 2.16. The van der Waals surface area contributed by atoms with Crippen LogP contribution in [0.2, 0.25) is 0 Å². The lowest BCUT2D eigenvalue weighted by Gasteiger charge is -1.98. The number of unbranched alkanes of at least 4 members (excludes halogenated alkanes) is 3. The minimum absolute atomic E-state index is 0.799. The second-order valence-electron chi connectivity index (χ2n) is 4.43. The molecule has 2 heterocycles. The number of H-pyrrole nitrogens is 1. The van der Waals surface area contributed by atoms with E-state index in [2.05, 4.69) is 15.0 Å². The van der Waals surface area contributed by atoms with Gasteiger partial charge in [0.1, 0.15) is 5.82 Å². The lowest BCUT2D eigenvalue weighted by molar-refractivity contribution is 0.638. The van der Waals surface area contributed by atoms with Gasteiger partial charge in [-0.2, -0.15) is 0 Å². The molecular weight excluding hydrogens is 224 g/mol. The van der Waals surface area contributed by atoms with Crippen molar-refractivity contribution in [2.24, 2.45) is 5.73 Å². The molecule has 18 heavy (non-hydrogen) atoms. The van der Waals surface area contributed by atoms with Gasteiger partial charge in [0.2, 0.25) is 0 Å². The van der Waals surface area contributed by atoms with Gasteiger partial charge in [-0.05, 0) is 31.5 Å². The van der Waals surface area contributed by atoms with Crippen molar-refractivity contribution in [3.05, 3.63) is 36.5 Å². The molecule has 4 heteroatoms. The van der Waals surface area contributed by atoms with Crippen molar-refractivity contribution in [1.82, 2.24) is 15.0 Å². The van der Waals surface area contributed by atoms with Crippen LogP contribution in [-0.4, -0.2) is 21.5 Å². The predicted molar refractivity (Wildman–Crippen MR) is 73.0 cm³/mol. The van der Waals surface area contributed by atoms with E-state index in [9.17, 15) is 0 Å². The van der Waals surface area contributed by atoms with Crippen molar-refractivity contribution >= 4 is 0 Å². The second kappa shape index (κ2) is 6.91. The molecule has 2 rings (SSSR count). The molecule has 0 spiro atoms. The van der Waals surface area contributed by atoms with Crippen LogP contribution >= 0.6 is 0 Å². The number of hydrogen-bond donors (Lipinski definition) is 2. The lowest BCUT2D eigenvalue weighted by Crippen LogP contribution is -1.98. The molecule has 0 atom stereocenters. The summed E-state index contributed by atoms with van der Waals surface area (Å²) < 4.78 is 0. The first-order valence-corrected chi connectivity index (χ1v) is 6.54. The number of nitrogens with two attached hydrogens (primary N) is 1. The van der Waals surface area contributed by atoms with Gasteiger partial charge in [0.25, 0.3) is 0 Å². The zero-order chi connectivity index (χ0) is 12.6. The molecule has 96 valence electrons. The SMILES string of the molecule is NCCCCCCc1ncc(-c2ccncc2)[nH]1. The number of aryl methyl sites for hydroxylation is 1. The quantitative estimate of drug-likeness (QED) is 0.735. The number of imidazole rings is 1. The Morgan fingerprint density at radius 3 is 2.61 bits per heavy atom. The molecule has 0 fully saturated rings. The third-order valence-corrected chi connectivity index (χ3v) is 2.99. The highest BCUT2D eigenvalue weighted by molar-refractivity contribution is 5.57. The van der Waals surface area contributed by atoms with Gasteiger partial charge in [0.05, 0.1) is 11.9 Å². The van der Waals surface area contributed by atoms with Gasteiger partial charge in [-0.3, -0.25) is 4.98 Å². The topological polar surface area (TPSA) is 67.6 Å². The van der Waals surface area contributed by atoms with Crippen molar-refractivity contribution in [1.29, 1.82) is 0 Å². The van der Waals surface area contributed by atoms with Crippen LogP contribution in [0, 0.1) is 0 Å². The Bertz CT molecular complexity index is 450. The van der Waals surface area contributed by atoms with E-state index in [0.29, 0.717) is 0 Å². The van der Waals surface area contributed by atoms with Crippen LogP contribution in [0.25, 0.3) is 11.3 Å². The summed E-state index contributed by atoms with van der Waals surface area (Å²) in [7, 11) is 0. The van der Waals surface area contributed by atoms with E-state index in [1.54, 1.807) is 12.4 Å². The van der Waals surface area contributed by atoms with E-state index in [1.165, 1.54) is 19.3 Å². The highest BCUT2D eigenvalue weighted by Gasteiger charge is 2.02. The van der Waals surface area contributed by atoms with E-state index in [0.717, 1.165) is 36.5 Å². The predicted octanol–water partition coefficient (Wildman–Crippen LogP) is 2.53. The van der Waals surface area contributed by atoms with Gasteiger partial charge in [-0.15, -0.1) is 0 Å². The third kappa shape index (κ3) is 3.67. The van der Waals surface area contributed by atoms with Crippen LogP contribution in [-0.2, 0) is 6.42 Å². The van der Waals surface area contributed by atoms with Crippen molar-refractivity contribution < 1.29 is 0 Å². The summed E-state index contributed by atoms with van der Waals surface area (Å²) in [6.07, 6.45) is 11.2. The Labute approximate surface area is 108 Å². The molecule has 2 aromatic heterocycles. The molecule has 0 saturated carbocycles. The van der Waals surface area contributed by atoms with Gasteiger partial charge in [0, 0.05) is 24.4 Å². The summed E-state index contributed by atoms with van der Waals surface area (Å²) in [5, 5.41) is 0. The fourth-order valence-electron chi connectivity index (χ4n) is 1.96. The van der Waals surface area contributed by atoms with E-state index < -0.39 is 0 Å². The molecule has 2 aromatic rings. The van der Waals surface area contributed by atoms with Crippen molar-refractivity contribution in [3.8, 4) is 11.3 Å². The summed E-state index contributed by atoms with van der Waals surface area (Å²) in [5.41, 5.74) is 7.66. The highest BCUT2D eigenvalue weighted by atomic mass is 14.9. The number of pyridine rings is 1. The third-order valence-electron chi connectivity index (χ3n) is 2.99. The standard InChI is InChI=1S/C14H20N4/c15-8-4-2-1-3-5-14-17-11-13(18-14)12-6-9-16-10-7-12/h6-7,9-11H,1-5,8,15H2,(H,17,18). The summed E-state index contributed by atoms with van der Waals surface area (Å²) in [6.45, 7) is 0.799. The smallest absolute Gasteiger partial charge is 0.106 e. The molecule has 0 aliphatic heterocycles. The van der Waals surface area contributed by atoms with E-state index in [1.807, 2.05) is 18.3 Å². The molecule has 3 N–H and O–H groups in total. The molecule has 0 unspecified atom stereocenters. The number of rotatable bonds is 7. The van der Waals surface area contributed by atoms with Crippen LogP contribution in [0.5, 0.6) is 0 Å². The number of aromatic amines is 1. The van der Waals surface area contributed by atoms with Crippen LogP contribution in [0.15, 0.2) is 30.7 Å². The maximum absolute atomic E-state index is 5.47. The molecular formula is C14H20N4. The van der Waals surface area contributed by atoms with Gasteiger partial charge in [0.15, 0.2) is 0 Å². The molecule has 0 aromatic carbocycles. The van der Waals surface area contributed by atoms with Gasteiger partial charge in [-0.25, -0.2) is 4.98 Å². The van der Waals surface area contributed by atoms with Crippen molar-refractivity contribution in [3.63, 3.8) is 0 Å². The zero-order valence-corrected chi connectivity index (χ0v) is 10.6. The first kappa shape index (κ1) is 12.8. The van der Waals surface area contributed by atoms with Crippen LogP contribution in [0.3, 0.4) is 0 Å². The van der Waals surface area contributed by atoms with E-state index in [4.69, 9.17) is 5.73 Å². The molecule has 4 nitrogen and oxygen atoms in total. The Morgan fingerprint density at radius 1 is 1.06 bits per heavy atom. The number of nitrogens with zero attached hydrogens (tertiary/aromatic N) is 2. The van der Waals surface area contributed by atoms with Crippen LogP contribution in [0.4, 0.5) is 0 Å². The first-order valence-electron chi connectivity index (χ1n) is 6.54. The first-order chi connectivity index (χ1) is 8.90. The van der Waals surface area contributed by atoms with Crippen LogP contribution in [0.1, 0.15) is 31.5 Å². The Hall–Kier alpha value is -1.68. The Balaban J connectivity index is 1.83. The van der Waals surface area contributed by atoms with Gasteiger partial charge >= 0.3 is 0 Å². The largest absolute Gasteiger partial charge is 0.342 e. The van der Waals surface area contributed by atoms with E-state index in [-0.39, 0.29) is 0 Å². The summed E-state index contributed by atoms with van der Waals surface area (Å²) in [5.74, 6) is 1.06. The fourth-order valence-corrected chi connectivity index (χ4v) is 1.96. The Morgan fingerprint density at radius 2 is 1.83 bits per heavy atom. The van der Waals surface area contributed by atoms with E-state index >= 15 is 0 Å².